The minimum absolute atomic E-state index is 0.0777. The van der Waals surface area contributed by atoms with E-state index in [-0.39, 0.29) is 18.0 Å². The molecule has 5 heteroatoms. The molecule has 1 aromatic carbocycles. The standard InChI is InChI=1S/C15H23FN2O2/c1-5-9(2)18-15(19)11(4)20-14-8-12(16)6-7-13(14)10(3)17/h6-11H,5,17H2,1-4H3,(H,18,19)/t9?,10-,11?/m0/s1. The largest absolute Gasteiger partial charge is 0.480 e. The second-order valence-electron chi connectivity index (χ2n) is 5.05. The van der Waals surface area contributed by atoms with Crippen LogP contribution in [0.5, 0.6) is 5.75 Å². The fraction of sp³-hybridized carbons (Fsp3) is 0.533. The molecule has 1 rings (SSSR count). The maximum absolute atomic E-state index is 13.3. The molecule has 0 aromatic heterocycles. The zero-order valence-electron chi connectivity index (χ0n) is 12.4. The first-order valence-corrected chi connectivity index (χ1v) is 6.87. The number of ether oxygens (including phenoxy) is 1. The lowest BCUT2D eigenvalue weighted by Crippen LogP contribution is -2.41. The Bertz CT molecular complexity index is 463. The summed E-state index contributed by atoms with van der Waals surface area (Å²) in [6.07, 6.45) is 0.132. The Balaban J connectivity index is 2.81. The molecule has 0 saturated heterocycles. The summed E-state index contributed by atoms with van der Waals surface area (Å²) in [4.78, 5) is 11.9. The third-order valence-electron chi connectivity index (χ3n) is 3.14. The zero-order chi connectivity index (χ0) is 15.3. The summed E-state index contributed by atoms with van der Waals surface area (Å²) < 4.78 is 18.9. The Labute approximate surface area is 119 Å². The average molecular weight is 282 g/mol. The fourth-order valence-corrected chi connectivity index (χ4v) is 1.69. The van der Waals surface area contributed by atoms with Crippen LogP contribution in [0.4, 0.5) is 4.39 Å². The number of hydrogen-bond acceptors (Lipinski definition) is 3. The van der Waals surface area contributed by atoms with Crippen molar-refractivity contribution in [2.75, 3.05) is 0 Å². The monoisotopic (exact) mass is 282 g/mol. The summed E-state index contributed by atoms with van der Waals surface area (Å²) in [7, 11) is 0. The number of nitrogens with two attached hydrogens (primary N) is 1. The predicted molar refractivity (Wildman–Crippen MR) is 77.0 cm³/mol. The van der Waals surface area contributed by atoms with E-state index >= 15 is 0 Å². The van der Waals surface area contributed by atoms with E-state index in [4.69, 9.17) is 10.5 Å². The third-order valence-corrected chi connectivity index (χ3v) is 3.14. The molecule has 3 N–H and O–H groups in total. The lowest BCUT2D eigenvalue weighted by Gasteiger charge is -2.20. The molecule has 0 heterocycles. The highest BCUT2D eigenvalue weighted by Gasteiger charge is 2.19. The molecule has 0 bridgehead atoms. The SMILES string of the molecule is CCC(C)NC(=O)C(C)Oc1cc(F)ccc1[C@H](C)N. The van der Waals surface area contributed by atoms with Gasteiger partial charge >= 0.3 is 0 Å². The molecule has 0 aliphatic heterocycles. The van der Waals surface area contributed by atoms with Crippen LogP contribution in [0.3, 0.4) is 0 Å². The fourth-order valence-electron chi connectivity index (χ4n) is 1.69. The topological polar surface area (TPSA) is 64.3 Å². The van der Waals surface area contributed by atoms with Crippen LogP contribution in [0.1, 0.15) is 45.7 Å². The van der Waals surface area contributed by atoms with Gasteiger partial charge in [0.1, 0.15) is 11.6 Å². The van der Waals surface area contributed by atoms with E-state index in [0.717, 1.165) is 6.42 Å². The Morgan fingerprint density at radius 3 is 2.60 bits per heavy atom. The maximum atomic E-state index is 13.3. The molecule has 0 aliphatic rings. The van der Waals surface area contributed by atoms with Gasteiger partial charge in [-0.05, 0) is 33.3 Å². The molecule has 0 saturated carbocycles. The van der Waals surface area contributed by atoms with E-state index in [1.807, 2.05) is 13.8 Å². The summed E-state index contributed by atoms with van der Waals surface area (Å²) in [5, 5.41) is 2.82. The molecule has 1 aromatic rings. The van der Waals surface area contributed by atoms with Gasteiger partial charge < -0.3 is 15.8 Å². The van der Waals surface area contributed by atoms with Crippen LogP contribution in [0.15, 0.2) is 18.2 Å². The second-order valence-corrected chi connectivity index (χ2v) is 5.05. The molecule has 3 atom stereocenters. The number of nitrogens with one attached hydrogen (secondary N) is 1. The minimum atomic E-state index is -0.705. The van der Waals surface area contributed by atoms with Crippen LogP contribution in [-0.2, 0) is 4.79 Å². The van der Waals surface area contributed by atoms with Gasteiger partial charge in [-0.25, -0.2) is 4.39 Å². The third kappa shape index (κ3) is 4.49. The molecule has 112 valence electrons. The van der Waals surface area contributed by atoms with Crippen molar-refractivity contribution in [2.24, 2.45) is 5.73 Å². The van der Waals surface area contributed by atoms with Crippen molar-refractivity contribution >= 4 is 5.91 Å². The van der Waals surface area contributed by atoms with E-state index in [1.54, 1.807) is 19.9 Å². The molecule has 0 fully saturated rings. The summed E-state index contributed by atoms with van der Waals surface area (Å²) >= 11 is 0. The highest BCUT2D eigenvalue weighted by atomic mass is 19.1. The normalized spacial score (nSPS) is 15.3. The zero-order valence-corrected chi connectivity index (χ0v) is 12.4. The van der Waals surface area contributed by atoms with E-state index in [0.29, 0.717) is 11.3 Å². The highest BCUT2D eigenvalue weighted by molar-refractivity contribution is 5.81. The molecule has 0 spiro atoms. The van der Waals surface area contributed by atoms with Crippen molar-refractivity contribution in [2.45, 2.75) is 52.3 Å². The summed E-state index contributed by atoms with van der Waals surface area (Å²) in [6, 6.07) is 3.94. The van der Waals surface area contributed by atoms with Crippen molar-refractivity contribution in [3.63, 3.8) is 0 Å². The highest BCUT2D eigenvalue weighted by Crippen LogP contribution is 2.25. The van der Waals surface area contributed by atoms with E-state index in [2.05, 4.69) is 5.32 Å². The second kappa shape index (κ2) is 7.24. The van der Waals surface area contributed by atoms with Gasteiger partial charge in [-0.2, -0.15) is 0 Å². The van der Waals surface area contributed by atoms with Gasteiger partial charge in [-0.3, -0.25) is 4.79 Å². The quantitative estimate of drug-likeness (QED) is 0.842. The van der Waals surface area contributed by atoms with Crippen molar-refractivity contribution in [3.05, 3.63) is 29.6 Å². The van der Waals surface area contributed by atoms with Crippen LogP contribution < -0.4 is 15.8 Å². The predicted octanol–water partition coefficient (Wildman–Crippen LogP) is 2.53. The van der Waals surface area contributed by atoms with Gasteiger partial charge in [0.15, 0.2) is 6.10 Å². The van der Waals surface area contributed by atoms with E-state index < -0.39 is 11.9 Å². The van der Waals surface area contributed by atoms with Crippen molar-refractivity contribution in [1.29, 1.82) is 0 Å². The molecule has 2 unspecified atom stereocenters. The van der Waals surface area contributed by atoms with Crippen LogP contribution >= 0.6 is 0 Å². The lowest BCUT2D eigenvalue weighted by atomic mass is 10.1. The molecule has 1 amide bonds. The van der Waals surface area contributed by atoms with Crippen LogP contribution in [0, 0.1) is 5.82 Å². The Morgan fingerprint density at radius 1 is 1.40 bits per heavy atom. The van der Waals surface area contributed by atoms with Gasteiger partial charge in [-0.1, -0.05) is 13.0 Å². The first-order valence-electron chi connectivity index (χ1n) is 6.87. The molecule has 20 heavy (non-hydrogen) atoms. The smallest absolute Gasteiger partial charge is 0.260 e. The molecule has 4 nitrogen and oxygen atoms in total. The molecule has 0 aliphatic carbocycles. The lowest BCUT2D eigenvalue weighted by molar-refractivity contribution is -0.127. The molecular weight excluding hydrogens is 259 g/mol. The van der Waals surface area contributed by atoms with Crippen LogP contribution in [-0.4, -0.2) is 18.1 Å². The average Bonchev–Trinajstić information content (AvgIpc) is 2.38. The Morgan fingerprint density at radius 2 is 2.05 bits per heavy atom. The summed E-state index contributed by atoms with van der Waals surface area (Å²) in [5.74, 6) is -0.329. The number of carbonyl (C=O) groups is 1. The Hall–Kier alpha value is -1.62. The van der Waals surface area contributed by atoms with Gasteiger partial charge in [0.05, 0.1) is 0 Å². The van der Waals surface area contributed by atoms with Crippen LogP contribution in [0.25, 0.3) is 0 Å². The van der Waals surface area contributed by atoms with Crippen molar-refractivity contribution in [1.82, 2.24) is 5.32 Å². The van der Waals surface area contributed by atoms with Crippen molar-refractivity contribution in [3.8, 4) is 5.75 Å². The van der Waals surface area contributed by atoms with E-state index in [9.17, 15) is 9.18 Å². The number of halogens is 1. The van der Waals surface area contributed by atoms with Crippen molar-refractivity contribution < 1.29 is 13.9 Å². The number of amides is 1. The number of hydrogen-bond donors (Lipinski definition) is 2. The minimum Gasteiger partial charge on any atom is -0.480 e. The Kier molecular flexibility index (Phi) is 5.95. The summed E-state index contributed by atoms with van der Waals surface area (Å²) in [6.45, 7) is 7.31. The van der Waals surface area contributed by atoms with Gasteiger partial charge in [-0.15, -0.1) is 0 Å². The summed E-state index contributed by atoms with van der Waals surface area (Å²) in [5.41, 5.74) is 6.49. The van der Waals surface area contributed by atoms with Gasteiger partial charge in [0.2, 0.25) is 0 Å². The molecular formula is C15H23FN2O2. The van der Waals surface area contributed by atoms with Crippen LogP contribution in [0.2, 0.25) is 0 Å². The van der Waals surface area contributed by atoms with E-state index in [1.165, 1.54) is 12.1 Å². The maximum Gasteiger partial charge on any atom is 0.260 e. The van der Waals surface area contributed by atoms with Gasteiger partial charge in [0, 0.05) is 23.7 Å². The first-order chi connectivity index (χ1) is 9.35. The number of rotatable bonds is 6. The number of carbonyl (C=O) groups excluding carboxylic acids is 1. The molecule has 0 radical (unpaired) electrons. The number of benzene rings is 1. The first kappa shape index (κ1) is 16.4. The van der Waals surface area contributed by atoms with Gasteiger partial charge in [0.25, 0.3) is 5.91 Å².